The van der Waals surface area contributed by atoms with Crippen LogP contribution in [0.15, 0.2) is 66.7 Å². The highest BCUT2D eigenvalue weighted by Crippen LogP contribution is 2.47. The maximum atomic E-state index is 15.0. The van der Waals surface area contributed by atoms with E-state index >= 15 is 4.39 Å². The molecule has 196 valence electrons. The number of benzene rings is 3. The van der Waals surface area contributed by atoms with E-state index in [0.29, 0.717) is 30.4 Å². The number of hydrogen-bond acceptors (Lipinski definition) is 4. The van der Waals surface area contributed by atoms with Crippen LogP contribution in [0.4, 0.5) is 10.1 Å². The van der Waals surface area contributed by atoms with E-state index in [0.717, 1.165) is 60.4 Å². The molecule has 1 aliphatic heterocycles. The number of hydrogen-bond donors (Lipinski definition) is 0. The highest BCUT2D eigenvalue weighted by molar-refractivity contribution is 5.85. The van der Waals surface area contributed by atoms with Gasteiger partial charge in [0.05, 0.1) is 19.6 Å². The normalized spacial score (nSPS) is 18.2. The van der Waals surface area contributed by atoms with E-state index in [1.165, 1.54) is 11.6 Å². The molecule has 38 heavy (non-hydrogen) atoms. The molecule has 1 unspecified atom stereocenters. The maximum absolute atomic E-state index is 15.0. The van der Waals surface area contributed by atoms with Gasteiger partial charge < -0.3 is 14.4 Å². The Bertz CT molecular complexity index is 1370. The number of rotatable bonds is 8. The highest BCUT2D eigenvalue weighted by atomic mass is 19.1. The van der Waals surface area contributed by atoms with Gasteiger partial charge in [0.1, 0.15) is 23.9 Å². The lowest BCUT2D eigenvalue weighted by molar-refractivity contribution is 0.306. The van der Waals surface area contributed by atoms with Crippen LogP contribution in [0.3, 0.4) is 0 Å². The van der Waals surface area contributed by atoms with Gasteiger partial charge in [0.15, 0.2) is 0 Å². The van der Waals surface area contributed by atoms with E-state index in [4.69, 9.17) is 14.7 Å². The minimum Gasteiger partial charge on any atom is -0.497 e. The first-order chi connectivity index (χ1) is 18.4. The summed E-state index contributed by atoms with van der Waals surface area (Å²) in [7, 11) is 1.60. The van der Waals surface area contributed by atoms with E-state index in [9.17, 15) is 0 Å². The molecular formula is C33H35FN2O2. The molecule has 5 heteroatoms. The summed E-state index contributed by atoms with van der Waals surface area (Å²) in [5.41, 5.74) is 5.90. The van der Waals surface area contributed by atoms with Gasteiger partial charge in [0.2, 0.25) is 0 Å². The first-order valence-corrected chi connectivity index (χ1v) is 13.4. The van der Waals surface area contributed by atoms with Crippen molar-refractivity contribution in [3.05, 3.63) is 83.7 Å². The third-order valence-electron chi connectivity index (χ3n) is 7.96. The number of halogens is 1. The Kier molecular flexibility index (Phi) is 7.42. The standard InChI is InChI=1S/C33H35FN2O2/c1-33(2)17-4-7-31(33)29-20-23(8-14-28(29)30-21-27(37-3)13-15-32(30)34)22-38-26-11-9-25(10-12-26)36-19-5-6-24(36)16-18-35/h7-15,20-21,24H,4-6,16-17,19,22H2,1-3H3. The van der Waals surface area contributed by atoms with Gasteiger partial charge in [-0.2, -0.15) is 5.26 Å². The lowest BCUT2D eigenvalue weighted by Crippen LogP contribution is -2.28. The number of allylic oxidation sites excluding steroid dienone is 2. The van der Waals surface area contributed by atoms with Crippen molar-refractivity contribution < 1.29 is 13.9 Å². The van der Waals surface area contributed by atoms with Crippen molar-refractivity contribution in [3.8, 4) is 28.7 Å². The van der Waals surface area contributed by atoms with Gasteiger partial charge in [-0.3, -0.25) is 0 Å². The Morgan fingerprint density at radius 2 is 1.79 bits per heavy atom. The smallest absolute Gasteiger partial charge is 0.131 e. The summed E-state index contributed by atoms with van der Waals surface area (Å²) in [6.07, 6.45) is 7.12. The van der Waals surface area contributed by atoms with Crippen molar-refractivity contribution >= 4 is 11.3 Å². The molecule has 1 fully saturated rings. The summed E-state index contributed by atoms with van der Waals surface area (Å²) in [6.45, 7) is 5.91. The third-order valence-corrected chi connectivity index (χ3v) is 7.96. The predicted octanol–water partition coefficient (Wildman–Crippen LogP) is 8.17. The van der Waals surface area contributed by atoms with E-state index in [-0.39, 0.29) is 11.2 Å². The van der Waals surface area contributed by atoms with Crippen molar-refractivity contribution in [1.82, 2.24) is 0 Å². The molecule has 1 saturated heterocycles. The molecule has 0 spiro atoms. The topological polar surface area (TPSA) is 45.5 Å². The predicted molar refractivity (Wildman–Crippen MR) is 151 cm³/mol. The summed E-state index contributed by atoms with van der Waals surface area (Å²) in [5, 5.41) is 9.13. The van der Waals surface area contributed by atoms with Gasteiger partial charge in [-0.25, -0.2) is 4.39 Å². The Balaban J connectivity index is 1.39. The van der Waals surface area contributed by atoms with Crippen LogP contribution in [-0.4, -0.2) is 19.7 Å². The second-order valence-electron chi connectivity index (χ2n) is 10.9. The van der Waals surface area contributed by atoms with Crippen LogP contribution in [0, 0.1) is 22.6 Å². The van der Waals surface area contributed by atoms with Crippen molar-refractivity contribution in [3.63, 3.8) is 0 Å². The Labute approximate surface area is 225 Å². The fraction of sp³-hybridized carbons (Fsp3) is 0.364. The maximum Gasteiger partial charge on any atom is 0.131 e. The molecule has 0 saturated carbocycles. The van der Waals surface area contributed by atoms with Crippen LogP contribution < -0.4 is 14.4 Å². The van der Waals surface area contributed by atoms with Crippen LogP contribution in [0.1, 0.15) is 57.1 Å². The highest BCUT2D eigenvalue weighted by Gasteiger charge is 2.30. The molecule has 4 nitrogen and oxygen atoms in total. The first kappa shape index (κ1) is 25.9. The summed E-state index contributed by atoms with van der Waals surface area (Å²) < 4.78 is 26.6. The van der Waals surface area contributed by atoms with Gasteiger partial charge >= 0.3 is 0 Å². The summed E-state index contributed by atoms with van der Waals surface area (Å²) >= 11 is 0. The van der Waals surface area contributed by atoms with Crippen molar-refractivity contribution in [1.29, 1.82) is 5.26 Å². The molecule has 3 aromatic rings. The molecular weight excluding hydrogens is 475 g/mol. The quantitative estimate of drug-likeness (QED) is 0.307. The summed E-state index contributed by atoms with van der Waals surface area (Å²) in [4.78, 5) is 2.33. The first-order valence-electron chi connectivity index (χ1n) is 13.4. The minimum atomic E-state index is -0.262. The number of anilines is 1. The molecule has 0 aromatic heterocycles. The van der Waals surface area contributed by atoms with E-state index < -0.39 is 0 Å². The largest absolute Gasteiger partial charge is 0.497 e. The molecule has 1 atom stereocenters. The fourth-order valence-corrected chi connectivity index (χ4v) is 5.83. The van der Waals surface area contributed by atoms with Gasteiger partial charge in [0.25, 0.3) is 0 Å². The van der Waals surface area contributed by atoms with Crippen LogP contribution in [0.25, 0.3) is 16.7 Å². The van der Waals surface area contributed by atoms with Gasteiger partial charge in [-0.1, -0.05) is 32.1 Å². The second-order valence-corrected chi connectivity index (χ2v) is 10.9. The third kappa shape index (κ3) is 5.27. The molecule has 3 aromatic carbocycles. The zero-order valence-electron chi connectivity index (χ0n) is 22.5. The zero-order chi connectivity index (χ0) is 26.7. The number of methoxy groups -OCH3 is 1. The summed E-state index contributed by atoms with van der Waals surface area (Å²) in [6, 6.07) is 21.8. The van der Waals surface area contributed by atoms with Crippen molar-refractivity contribution in [2.24, 2.45) is 5.41 Å². The van der Waals surface area contributed by atoms with E-state index in [1.807, 2.05) is 24.3 Å². The fourth-order valence-electron chi connectivity index (χ4n) is 5.83. The lowest BCUT2D eigenvalue weighted by Gasteiger charge is -2.26. The molecule has 0 bridgehead atoms. The second kappa shape index (κ2) is 10.9. The Morgan fingerprint density at radius 3 is 2.50 bits per heavy atom. The molecule has 0 N–H and O–H groups in total. The number of nitriles is 1. The molecule has 2 aliphatic rings. The molecule has 0 amide bonds. The lowest BCUT2D eigenvalue weighted by atomic mass is 9.79. The SMILES string of the molecule is COc1ccc(F)c(-c2ccc(COc3ccc(N4CCCC4CC#N)cc3)cc2C2=CCCC2(C)C)c1. The van der Waals surface area contributed by atoms with Gasteiger partial charge in [0, 0.05) is 23.8 Å². The van der Waals surface area contributed by atoms with Crippen LogP contribution >= 0.6 is 0 Å². The monoisotopic (exact) mass is 510 g/mol. The van der Waals surface area contributed by atoms with Crippen LogP contribution in [0.2, 0.25) is 0 Å². The zero-order valence-corrected chi connectivity index (χ0v) is 22.5. The molecule has 1 aliphatic carbocycles. The van der Waals surface area contributed by atoms with E-state index in [1.54, 1.807) is 19.2 Å². The minimum absolute atomic E-state index is 0.0123. The van der Waals surface area contributed by atoms with Gasteiger partial charge in [-0.05, 0) is 102 Å². The van der Waals surface area contributed by atoms with Gasteiger partial charge in [-0.15, -0.1) is 0 Å². The summed E-state index contributed by atoms with van der Waals surface area (Å²) in [5.74, 6) is 1.17. The van der Waals surface area contributed by atoms with Crippen LogP contribution in [0.5, 0.6) is 11.5 Å². The molecule has 5 rings (SSSR count). The Hall–Kier alpha value is -3.78. The number of ether oxygens (including phenoxy) is 2. The average Bonchev–Trinajstić information content (AvgIpc) is 3.53. The average molecular weight is 511 g/mol. The molecule has 1 heterocycles. The Morgan fingerprint density at radius 1 is 1.00 bits per heavy atom. The van der Waals surface area contributed by atoms with Crippen LogP contribution in [-0.2, 0) is 6.61 Å². The van der Waals surface area contributed by atoms with E-state index in [2.05, 4.69) is 49.1 Å². The number of nitrogens with zero attached hydrogens (tertiary/aromatic N) is 2. The van der Waals surface area contributed by atoms with Crippen molar-refractivity contribution in [2.45, 2.75) is 58.6 Å². The molecule has 0 radical (unpaired) electrons. The van der Waals surface area contributed by atoms with Crippen molar-refractivity contribution in [2.75, 3.05) is 18.6 Å².